The summed E-state index contributed by atoms with van der Waals surface area (Å²) in [4.78, 5) is 23.8. The number of nitrogens with one attached hydrogen (secondary N) is 1. The highest BCUT2D eigenvalue weighted by Crippen LogP contribution is 2.24. The molecule has 1 aromatic carbocycles. The van der Waals surface area contributed by atoms with Crippen LogP contribution >= 0.6 is 0 Å². The maximum atomic E-state index is 12.5. The van der Waals surface area contributed by atoms with Crippen molar-refractivity contribution in [3.63, 3.8) is 0 Å². The Morgan fingerprint density at radius 2 is 2.03 bits per heavy atom. The predicted octanol–water partition coefficient (Wildman–Crippen LogP) is 3.23. The lowest BCUT2D eigenvalue weighted by molar-refractivity contribution is -0.174. The van der Waals surface area contributed by atoms with E-state index in [1.807, 2.05) is 24.3 Å². The van der Waals surface area contributed by atoms with Crippen molar-refractivity contribution in [3.8, 4) is 5.75 Å². The highest BCUT2D eigenvalue weighted by molar-refractivity contribution is 5.85. The third-order valence-corrected chi connectivity index (χ3v) is 4.33. The molecule has 0 bridgehead atoms. The fourth-order valence-corrected chi connectivity index (χ4v) is 2.71. The molecule has 0 saturated heterocycles. The Bertz CT molecular complexity index is 978. The first-order chi connectivity index (χ1) is 14.5. The van der Waals surface area contributed by atoms with Crippen LogP contribution in [0.1, 0.15) is 13.8 Å². The van der Waals surface area contributed by atoms with Crippen LogP contribution in [0.2, 0.25) is 0 Å². The molecule has 1 unspecified atom stereocenters. The van der Waals surface area contributed by atoms with Crippen LogP contribution in [0.5, 0.6) is 5.75 Å². The minimum atomic E-state index is -4.95. The number of carbonyl (C=O) groups is 2. The van der Waals surface area contributed by atoms with E-state index in [4.69, 9.17) is 4.74 Å². The molecule has 1 N–H and O–H groups in total. The number of alkyl halides is 3. The largest absolute Gasteiger partial charge is 0.491 e. The van der Waals surface area contributed by atoms with E-state index in [0.717, 1.165) is 10.9 Å². The van der Waals surface area contributed by atoms with E-state index < -0.39 is 18.1 Å². The molecule has 168 valence electrons. The summed E-state index contributed by atoms with van der Waals surface area (Å²) >= 11 is 0. The van der Waals surface area contributed by atoms with Crippen LogP contribution in [-0.2, 0) is 9.59 Å². The Morgan fingerprint density at radius 1 is 1.32 bits per heavy atom. The highest BCUT2D eigenvalue weighted by atomic mass is 19.4. The molecule has 2 aromatic rings. The zero-order valence-electron chi connectivity index (χ0n) is 17.7. The minimum absolute atomic E-state index is 0.118. The second kappa shape index (κ2) is 10.1. The minimum Gasteiger partial charge on any atom is -0.491 e. The molecule has 10 heteroatoms. The van der Waals surface area contributed by atoms with Gasteiger partial charge in [-0.05, 0) is 36.3 Å². The zero-order chi connectivity index (χ0) is 23.2. The SMILES string of the molecule is CC(C)C(COc1ccc2c(cnn2C(/C=C\C=O)=C/N(C)C)c1)NC(=O)C(F)(F)F. The maximum Gasteiger partial charge on any atom is 0.471 e. The maximum absolute atomic E-state index is 12.5. The van der Waals surface area contributed by atoms with Crippen LogP contribution in [0.3, 0.4) is 0 Å². The topological polar surface area (TPSA) is 76.5 Å². The van der Waals surface area contributed by atoms with Crippen molar-refractivity contribution in [2.45, 2.75) is 26.1 Å². The van der Waals surface area contributed by atoms with Gasteiger partial charge in [0.05, 0.1) is 23.5 Å². The number of aromatic nitrogens is 2. The quantitative estimate of drug-likeness (QED) is 0.370. The number of aldehydes is 1. The molecule has 0 saturated carbocycles. The lowest BCUT2D eigenvalue weighted by Gasteiger charge is -2.23. The van der Waals surface area contributed by atoms with Gasteiger partial charge in [-0.1, -0.05) is 13.8 Å². The monoisotopic (exact) mass is 438 g/mol. The van der Waals surface area contributed by atoms with Gasteiger partial charge < -0.3 is 15.0 Å². The van der Waals surface area contributed by atoms with E-state index in [9.17, 15) is 22.8 Å². The molecule has 31 heavy (non-hydrogen) atoms. The van der Waals surface area contributed by atoms with E-state index >= 15 is 0 Å². The predicted molar refractivity (Wildman–Crippen MR) is 111 cm³/mol. The second-order valence-electron chi connectivity index (χ2n) is 7.42. The highest BCUT2D eigenvalue weighted by Gasteiger charge is 2.40. The summed E-state index contributed by atoms with van der Waals surface area (Å²) in [5, 5.41) is 7.05. The number of allylic oxidation sites excluding steroid dienone is 3. The van der Waals surface area contributed by atoms with Crippen molar-refractivity contribution in [1.29, 1.82) is 0 Å². The van der Waals surface area contributed by atoms with Crippen molar-refractivity contribution in [3.05, 3.63) is 42.7 Å². The number of benzene rings is 1. The third kappa shape index (κ3) is 6.59. The van der Waals surface area contributed by atoms with Gasteiger partial charge in [-0.25, -0.2) is 4.68 Å². The number of fused-ring (bicyclic) bond motifs is 1. The number of nitrogens with zero attached hydrogens (tertiary/aromatic N) is 3. The average Bonchev–Trinajstić information content (AvgIpc) is 3.10. The van der Waals surface area contributed by atoms with Gasteiger partial charge in [0.1, 0.15) is 18.6 Å². The lowest BCUT2D eigenvalue weighted by Crippen LogP contribution is -2.48. The molecule has 1 amide bonds. The molecule has 7 nitrogen and oxygen atoms in total. The number of hydrogen-bond donors (Lipinski definition) is 1. The molecule has 0 aliphatic rings. The number of rotatable bonds is 9. The van der Waals surface area contributed by atoms with E-state index in [0.29, 0.717) is 17.7 Å². The van der Waals surface area contributed by atoms with Crippen molar-refractivity contribution in [2.75, 3.05) is 20.7 Å². The number of amides is 1. The van der Waals surface area contributed by atoms with Gasteiger partial charge in [0.15, 0.2) is 0 Å². The molecule has 2 rings (SSSR count). The smallest absolute Gasteiger partial charge is 0.471 e. The second-order valence-corrected chi connectivity index (χ2v) is 7.42. The first-order valence-corrected chi connectivity index (χ1v) is 9.51. The number of carbonyl (C=O) groups excluding carboxylic acids is 2. The van der Waals surface area contributed by atoms with Gasteiger partial charge >= 0.3 is 12.1 Å². The van der Waals surface area contributed by atoms with Crippen LogP contribution < -0.4 is 10.1 Å². The number of halogens is 3. The standard InChI is InChI=1S/C21H25F3N4O3/c1-14(2)18(26-20(30)21(22,23)24)13-31-17-7-8-19-15(10-17)11-25-28(19)16(6-5-9-29)12-27(3)4/h5-12,14,18H,13H2,1-4H3,(H,26,30)/b6-5-,16-12+. The van der Waals surface area contributed by atoms with Crippen molar-refractivity contribution in [1.82, 2.24) is 20.0 Å². The van der Waals surface area contributed by atoms with Gasteiger partial charge in [-0.2, -0.15) is 18.3 Å². The Balaban J connectivity index is 2.21. The van der Waals surface area contributed by atoms with Crippen LogP contribution in [0.15, 0.2) is 42.7 Å². The van der Waals surface area contributed by atoms with Crippen molar-refractivity contribution < 1.29 is 27.5 Å². The van der Waals surface area contributed by atoms with Crippen molar-refractivity contribution in [2.24, 2.45) is 5.92 Å². The van der Waals surface area contributed by atoms with E-state index in [1.54, 1.807) is 55.2 Å². The molecule has 1 heterocycles. The van der Waals surface area contributed by atoms with E-state index in [1.165, 1.54) is 6.08 Å². The van der Waals surface area contributed by atoms with Gasteiger partial charge in [0.25, 0.3) is 0 Å². The molecule has 0 aliphatic heterocycles. The van der Waals surface area contributed by atoms with E-state index in [-0.39, 0.29) is 12.5 Å². The molecular weight excluding hydrogens is 413 g/mol. The van der Waals surface area contributed by atoms with Crippen LogP contribution in [0.4, 0.5) is 13.2 Å². The summed E-state index contributed by atoms with van der Waals surface area (Å²) in [5.74, 6) is -1.82. The summed E-state index contributed by atoms with van der Waals surface area (Å²) in [5.41, 5.74) is 1.41. The van der Waals surface area contributed by atoms with Crippen LogP contribution in [-0.4, -0.2) is 59.8 Å². The van der Waals surface area contributed by atoms with Gasteiger partial charge in [-0.3, -0.25) is 9.59 Å². The zero-order valence-corrected chi connectivity index (χ0v) is 17.7. The van der Waals surface area contributed by atoms with Crippen LogP contribution in [0.25, 0.3) is 16.6 Å². The normalized spacial score (nSPS) is 13.6. The molecule has 1 atom stereocenters. The molecule has 0 fully saturated rings. The van der Waals surface area contributed by atoms with Gasteiger partial charge in [-0.15, -0.1) is 0 Å². The molecule has 1 aromatic heterocycles. The van der Waals surface area contributed by atoms with E-state index in [2.05, 4.69) is 5.10 Å². The lowest BCUT2D eigenvalue weighted by atomic mass is 10.1. The van der Waals surface area contributed by atoms with Gasteiger partial charge in [0.2, 0.25) is 0 Å². The molecule has 0 aliphatic carbocycles. The number of ether oxygens (including phenoxy) is 1. The third-order valence-electron chi connectivity index (χ3n) is 4.33. The van der Waals surface area contributed by atoms with Gasteiger partial charge in [0, 0.05) is 25.7 Å². The Morgan fingerprint density at radius 3 is 2.61 bits per heavy atom. The molecular formula is C21H25F3N4O3. The molecule has 0 spiro atoms. The number of hydrogen-bond acceptors (Lipinski definition) is 5. The summed E-state index contributed by atoms with van der Waals surface area (Å²) < 4.78 is 44.9. The van der Waals surface area contributed by atoms with Crippen molar-refractivity contribution >= 4 is 28.8 Å². The fraction of sp³-hybridized carbons (Fsp3) is 0.381. The molecule has 0 radical (unpaired) electrons. The Hall–Kier alpha value is -3.30. The summed E-state index contributed by atoms with van der Waals surface area (Å²) in [6, 6.07) is 4.32. The fourth-order valence-electron chi connectivity index (χ4n) is 2.71. The summed E-state index contributed by atoms with van der Waals surface area (Å²) in [6.45, 7) is 3.28. The summed E-state index contributed by atoms with van der Waals surface area (Å²) in [6.07, 6.45) is 2.13. The average molecular weight is 438 g/mol. The van der Waals surface area contributed by atoms with Crippen LogP contribution in [0, 0.1) is 5.92 Å². The summed E-state index contributed by atoms with van der Waals surface area (Å²) in [7, 11) is 3.68. The Labute approximate surface area is 178 Å². The first-order valence-electron chi connectivity index (χ1n) is 9.51. The first kappa shape index (κ1) is 24.0. The Kier molecular flexibility index (Phi) is 7.84.